The summed E-state index contributed by atoms with van der Waals surface area (Å²) in [6.07, 6.45) is 1.97. The van der Waals surface area contributed by atoms with Crippen LogP contribution in [0.2, 0.25) is 0 Å². The van der Waals surface area contributed by atoms with E-state index in [1.807, 2.05) is 0 Å². The highest BCUT2D eigenvalue weighted by molar-refractivity contribution is 5.96. The van der Waals surface area contributed by atoms with Gasteiger partial charge in [-0.2, -0.15) is 13.2 Å². The topological polar surface area (TPSA) is 17.1 Å². The second-order valence-corrected chi connectivity index (χ2v) is 3.56. The number of carbonyl (C=O) groups is 1. The molecule has 0 amide bonds. The molecule has 1 nitrogen and oxygen atoms in total. The van der Waals surface area contributed by atoms with E-state index in [0.29, 0.717) is 12.8 Å². The summed E-state index contributed by atoms with van der Waals surface area (Å²) in [6.45, 7) is 0. The Morgan fingerprint density at radius 3 is 2.29 bits per heavy atom. The van der Waals surface area contributed by atoms with Gasteiger partial charge in [-0.25, -0.2) is 0 Å². The number of hydrogen-bond acceptors (Lipinski definition) is 1. The van der Waals surface area contributed by atoms with Gasteiger partial charge in [0.15, 0.2) is 5.78 Å². The van der Waals surface area contributed by atoms with E-state index in [4.69, 9.17) is 6.42 Å². The molecule has 0 radical (unpaired) electrons. The number of halogens is 3. The molecule has 0 aliphatic heterocycles. The van der Waals surface area contributed by atoms with Gasteiger partial charge < -0.3 is 0 Å². The molecule has 1 rings (SSSR count). The summed E-state index contributed by atoms with van der Waals surface area (Å²) in [5, 5.41) is 0. The van der Waals surface area contributed by atoms with Crippen molar-refractivity contribution in [3.8, 4) is 12.3 Å². The number of carbonyl (C=O) groups excluding carboxylic acids is 1. The zero-order valence-electron chi connectivity index (χ0n) is 9.05. The normalized spacial score (nSPS) is 10.9. The van der Waals surface area contributed by atoms with Crippen molar-refractivity contribution < 1.29 is 18.0 Å². The van der Waals surface area contributed by atoms with Crippen LogP contribution in [-0.2, 0) is 6.18 Å². The van der Waals surface area contributed by atoms with E-state index in [9.17, 15) is 18.0 Å². The Bertz CT molecular complexity index is 423. The highest BCUT2D eigenvalue weighted by Gasteiger charge is 2.30. The second-order valence-electron chi connectivity index (χ2n) is 3.56. The van der Waals surface area contributed by atoms with Crippen LogP contribution in [0.25, 0.3) is 0 Å². The van der Waals surface area contributed by atoms with E-state index in [0.717, 1.165) is 12.1 Å². The van der Waals surface area contributed by atoms with Crippen molar-refractivity contribution in [2.45, 2.75) is 25.4 Å². The molecule has 1 aromatic rings. The molecule has 1 aromatic carbocycles. The molecule has 0 aromatic heterocycles. The summed E-state index contributed by atoms with van der Waals surface area (Å²) >= 11 is 0. The zero-order chi connectivity index (χ0) is 12.9. The fourth-order valence-corrected chi connectivity index (χ4v) is 1.34. The number of rotatable bonds is 4. The quantitative estimate of drug-likeness (QED) is 0.445. The molecule has 0 spiro atoms. The lowest BCUT2D eigenvalue weighted by Crippen LogP contribution is -2.06. The molecular formula is C13H11F3O. The smallest absolute Gasteiger partial charge is 0.294 e. The van der Waals surface area contributed by atoms with Crippen LogP contribution in [0, 0.1) is 12.3 Å². The Morgan fingerprint density at radius 1 is 1.24 bits per heavy atom. The third-order valence-corrected chi connectivity index (χ3v) is 2.26. The molecule has 0 saturated heterocycles. The fraction of sp³-hybridized carbons (Fsp3) is 0.308. The average Bonchev–Trinajstić information content (AvgIpc) is 2.28. The van der Waals surface area contributed by atoms with Crippen molar-refractivity contribution >= 4 is 5.78 Å². The van der Waals surface area contributed by atoms with Crippen LogP contribution in [-0.4, -0.2) is 5.78 Å². The Morgan fingerprint density at radius 2 is 1.82 bits per heavy atom. The van der Waals surface area contributed by atoms with Crippen molar-refractivity contribution in [1.29, 1.82) is 0 Å². The first-order chi connectivity index (χ1) is 7.95. The van der Waals surface area contributed by atoms with E-state index in [1.54, 1.807) is 0 Å². The summed E-state index contributed by atoms with van der Waals surface area (Å²) < 4.78 is 36.8. The number of hydrogen-bond donors (Lipinski definition) is 0. The molecule has 0 heterocycles. The van der Waals surface area contributed by atoms with Gasteiger partial charge in [-0.15, -0.1) is 12.3 Å². The Hall–Kier alpha value is -1.76. The van der Waals surface area contributed by atoms with Crippen LogP contribution in [0.3, 0.4) is 0 Å². The summed E-state index contributed by atoms with van der Waals surface area (Å²) in [5.41, 5.74) is -0.465. The molecule has 0 aliphatic carbocycles. The monoisotopic (exact) mass is 240 g/mol. The first-order valence-corrected chi connectivity index (χ1v) is 5.09. The molecule has 90 valence electrons. The third-order valence-electron chi connectivity index (χ3n) is 2.26. The lowest BCUT2D eigenvalue weighted by molar-refractivity contribution is -0.137. The van der Waals surface area contributed by atoms with E-state index in [2.05, 4.69) is 5.92 Å². The number of alkyl halides is 3. The van der Waals surface area contributed by atoms with E-state index in [-0.39, 0.29) is 17.8 Å². The zero-order valence-corrected chi connectivity index (χ0v) is 9.05. The first kappa shape index (κ1) is 13.3. The minimum atomic E-state index is -4.37. The maximum absolute atomic E-state index is 12.3. The molecule has 0 unspecified atom stereocenters. The standard InChI is InChI=1S/C13H11F3O/c1-2-3-4-5-12(17)10-6-8-11(9-7-10)13(14,15)16/h1,6-9H,3-5H2. The highest BCUT2D eigenvalue weighted by atomic mass is 19.4. The molecule has 0 bridgehead atoms. The molecule has 0 fully saturated rings. The van der Waals surface area contributed by atoms with Crippen LogP contribution in [0.4, 0.5) is 13.2 Å². The molecule has 4 heteroatoms. The van der Waals surface area contributed by atoms with Crippen molar-refractivity contribution in [2.75, 3.05) is 0 Å². The Labute approximate surface area is 97.6 Å². The molecule has 0 saturated carbocycles. The van der Waals surface area contributed by atoms with Crippen molar-refractivity contribution in [2.24, 2.45) is 0 Å². The largest absolute Gasteiger partial charge is 0.416 e. The molecule has 17 heavy (non-hydrogen) atoms. The van der Waals surface area contributed by atoms with Crippen LogP contribution in [0.15, 0.2) is 24.3 Å². The Kier molecular flexibility index (Phi) is 4.33. The molecular weight excluding hydrogens is 229 g/mol. The first-order valence-electron chi connectivity index (χ1n) is 5.09. The maximum atomic E-state index is 12.3. The highest BCUT2D eigenvalue weighted by Crippen LogP contribution is 2.29. The predicted molar refractivity (Wildman–Crippen MR) is 58.5 cm³/mol. The average molecular weight is 240 g/mol. The van der Waals surface area contributed by atoms with E-state index < -0.39 is 11.7 Å². The number of benzene rings is 1. The van der Waals surface area contributed by atoms with E-state index >= 15 is 0 Å². The number of ketones is 1. The lowest BCUT2D eigenvalue weighted by atomic mass is 10.0. The van der Waals surface area contributed by atoms with Gasteiger partial charge in [0.1, 0.15) is 0 Å². The summed E-state index contributed by atoms with van der Waals surface area (Å²) in [6, 6.07) is 4.21. The van der Waals surface area contributed by atoms with Gasteiger partial charge in [-0.05, 0) is 18.6 Å². The maximum Gasteiger partial charge on any atom is 0.416 e. The van der Waals surface area contributed by atoms with Crippen molar-refractivity contribution in [3.05, 3.63) is 35.4 Å². The second kappa shape index (κ2) is 5.53. The summed E-state index contributed by atoms with van der Waals surface area (Å²) in [5.74, 6) is 2.22. The van der Waals surface area contributed by atoms with Gasteiger partial charge in [0, 0.05) is 18.4 Å². The van der Waals surface area contributed by atoms with Crippen LogP contribution in [0.1, 0.15) is 35.2 Å². The van der Waals surface area contributed by atoms with Gasteiger partial charge >= 0.3 is 6.18 Å². The van der Waals surface area contributed by atoms with Crippen LogP contribution in [0.5, 0.6) is 0 Å². The van der Waals surface area contributed by atoms with Crippen LogP contribution < -0.4 is 0 Å². The third kappa shape index (κ3) is 3.95. The van der Waals surface area contributed by atoms with Crippen LogP contribution >= 0.6 is 0 Å². The SMILES string of the molecule is C#CCCCC(=O)c1ccc(C(F)(F)F)cc1. The van der Waals surface area contributed by atoms with Gasteiger partial charge in [0.25, 0.3) is 0 Å². The van der Waals surface area contributed by atoms with Gasteiger partial charge in [0.05, 0.1) is 5.56 Å². The minimum Gasteiger partial charge on any atom is -0.294 e. The number of terminal acetylenes is 1. The van der Waals surface area contributed by atoms with Gasteiger partial charge in [-0.3, -0.25) is 4.79 Å². The molecule has 0 atom stereocenters. The van der Waals surface area contributed by atoms with Crippen molar-refractivity contribution in [3.63, 3.8) is 0 Å². The minimum absolute atomic E-state index is 0.186. The van der Waals surface area contributed by atoms with Gasteiger partial charge in [-0.1, -0.05) is 12.1 Å². The Balaban J connectivity index is 2.68. The predicted octanol–water partition coefficient (Wildman–Crippen LogP) is 3.69. The molecule has 0 N–H and O–H groups in total. The summed E-state index contributed by atoms with van der Waals surface area (Å²) in [7, 11) is 0. The molecule has 0 aliphatic rings. The number of Topliss-reactive ketones (excluding diaryl/α,β-unsaturated/α-hetero) is 1. The fourth-order valence-electron chi connectivity index (χ4n) is 1.34. The number of unbranched alkanes of at least 4 members (excludes halogenated alkanes) is 1. The van der Waals surface area contributed by atoms with Gasteiger partial charge in [0.2, 0.25) is 0 Å². The summed E-state index contributed by atoms with van der Waals surface area (Å²) in [4.78, 5) is 11.5. The van der Waals surface area contributed by atoms with Crippen molar-refractivity contribution in [1.82, 2.24) is 0 Å². The lowest BCUT2D eigenvalue weighted by Gasteiger charge is -2.06. The van der Waals surface area contributed by atoms with E-state index in [1.165, 1.54) is 12.1 Å².